The van der Waals surface area contributed by atoms with Gasteiger partial charge in [0.2, 0.25) is 0 Å². The minimum Gasteiger partial charge on any atom is -0.312 e. The van der Waals surface area contributed by atoms with Crippen molar-refractivity contribution >= 4 is 23.2 Å². The van der Waals surface area contributed by atoms with Crippen LogP contribution in [0.4, 0.5) is 0 Å². The van der Waals surface area contributed by atoms with E-state index in [1.165, 1.54) is 12.8 Å². The van der Waals surface area contributed by atoms with Gasteiger partial charge < -0.3 is 10.6 Å². The molecular weight excluding hydrogens is 243 g/mol. The van der Waals surface area contributed by atoms with E-state index in [0.29, 0.717) is 11.1 Å². The second-order valence-electron chi connectivity index (χ2n) is 4.19. The van der Waals surface area contributed by atoms with Gasteiger partial charge in [0.25, 0.3) is 0 Å². The molecule has 2 N–H and O–H groups in total. The average Bonchev–Trinajstić information content (AvgIpc) is 3.05. The highest BCUT2D eigenvalue weighted by Crippen LogP contribution is 2.27. The largest absolute Gasteiger partial charge is 0.312 e. The summed E-state index contributed by atoms with van der Waals surface area (Å²) in [5.41, 5.74) is 1.10. The van der Waals surface area contributed by atoms with Crippen LogP contribution in [0.2, 0.25) is 10.0 Å². The van der Waals surface area contributed by atoms with Crippen LogP contribution < -0.4 is 10.6 Å². The number of halogens is 2. The van der Waals surface area contributed by atoms with Crippen LogP contribution in [0.3, 0.4) is 0 Å². The first-order chi connectivity index (χ1) is 7.70. The predicted molar refractivity (Wildman–Crippen MR) is 69.3 cm³/mol. The zero-order valence-corrected chi connectivity index (χ0v) is 10.8. The van der Waals surface area contributed by atoms with Gasteiger partial charge in [-0.15, -0.1) is 0 Å². The lowest BCUT2D eigenvalue weighted by Gasteiger charge is -2.18. The van der Waals surface area contributed by atoms with E-state index in [-0.39, 0.29) is 6.04 Å². The quantitative estimate of drug-likeness (QED) is 0.849. The molecule has 1 saturated carbocycles. The molecule has 1 unspecified atom stereocenters. The minimum atomic E-state index is 0.241. The second-order valence-corrected chi connectivity index (χ2v) is 5.03. The van der Waals surface area contributed by atoms with E-state index < -0.39 is 0 Å². The molecule has 1 aliphatic rings. The maximum atomic E-state index is 6.18. The van der Waals surface area contributed by atoms with Gasteiger partial charge in [0.15, 0.2) is 0 Å². The molecule has 1 aromatic rings. The Morgan fingerprint density at radius 2 is 2.12 bits per heavy atom. The van der Waals surface area contributed by atoms with Gasteiger partial charge in [0.1, 0.15) is 0 Å². The predicted octanol–water partition coefficient (Wildman–Crippen LogP) is 3.01. The SMILES string of the molecule is CNC(CNC1CC1)c1ccc(Cl)cc1Cl. The van der Waals surface area contributed by atoms with Gasteiger partial charge >= 0.3 is 0 Å². The summed E-state index contributed by atoms with van der Waals surface area (Å²) >= 11 is 12.1. The molecule has 0 heterocycles. The molecule has 1 fully saturated rings. The van der Waals surface area contributed by atoms with Crippen molar-refractivity contribution in [2.75, 3.05) is 13.6 Å². The van der Waals surface area contributed by atoms with Crippen LogP contribution in [0.25, 0.3) is 0 Å². The van der Waals surface area contributed by atoms with Crippen LogP contribution >= 0.6 is 23.2 Å². The Kier molecular flexibility index (Phi) is 4.09. The summed E-state index contributed by atoms with van der Waals surface area (Å²) in [4.78, 5) is 0. The third-order valence-electron chi connectivity index (χ3n) is 2.87. The van der Waals surface area contributed by atoms with Crippen molar-refractivity contribution in [2.45, 2.75) is 24.9 Å². The number of rotatable bonds is 5. The Morgan fingerprint density at radius 3 is 2.69 bits per heavy atom. The van der Waals surface area contributed by atoms with E-state index in [1.807, 2.05) is 19.2 Å². The van der Waals surface area contributed by atoms with Gasteiger partial charge in [-0.25, -0.2) is 0 Å². The van der Waals surface area contributed by atoms with Crippen molar-refractivity contribution in [1.29, 1.82) is 0 Å². The molecule has 0 spiro atoms. The van der Waals surface area contributed by atoms with E-state index >= 15 is 0 Å². The lowest BCUT2D eigenvalue weighted by Crippen LogP contribution is -2.30. The van der Waals surface area contributed by atoms with Gasteiger partial charge in [-0.05, 0) is 37.6 Å². The highest BCUT2D eigenvalue weighted by Gasteiger charge is 2.22. The molecule has 4 heteroatoms. The van der Waals surface area contributed by atoms with Crippen molar-refractivity contribution < 1.29 is 0 Å². The number of hydrogen-bond acceptors (Lipinski definition) is 2. The zero-order chi connectivity index (χ0) is 11.5. The summed E-state index contributed by atoms with van der Waals surface area (Å²) in [5, 5.41) is 8.17. The Balaban J connectivity index is 2.05. The third kappa shape index (κ3) is 3.11. The first-order valence-electron chi connectivity index (χ1n) is 5.56. The molecule has 1 atom stereocenters. The number of likely N-dealkylation sites (N-methyl/N-ethyl adjacent to an activating group) is 1. The lowest BCUT2D eigenvalue weighted by atomic mass is 10.1. The molecule has 0 amide bonds. The molecule has 0 aromatic heterocycles. The monoisotopic (exact) mass is 258 g/mol. The molecule has 0 saturated heterocycles. The molecule has 0 aliphatic heterocycles. The van der Waals surface area contributed by atoms with Gasteiger partial charge in [-0.2, -0.15) is 0 Å². The van der Waals surface area contributed by atoms with Crippen LogP contribution in [-0.4, -0.2) is 19.6 Å². The molecule has 1 aliphatic carbocycles. The summed E-state index contributed by atoms with van der Waals surface area (Å²) in [6.45, 7) is 0.905. The highest BCUT2D eigenvalue weighted by atomic mass is 35.5. The molecule has 16 heavy (non-hydrogen) atoms. The Hall–Kier alpha value is -0.280. The molecule has 2 nitrogen and oxygen atoms in total. The number of benzene rings is 1. The normalized spacial score (nSPS) is 17.4. The molecule has 2 rings (SSSR count). The van der Waals surface area contributed by atoms with E-state index in [9.17, 15) is 0 Å². The van der Waals surface area contributed by atoms with Crippen LogP contribution in [0.15, 0.2) is 18.2 Å². The second kappa shape index (κ2) is 5.37. The summed E-state index contributed by atoms with van der Waals surface area (Å²) in [7, 11) is 1.95. The van der Waals surface area contributed by atoms with E-state index in [4.69, 9.17) is 23.2 Å². The number of nitrogens with one attached hydrogen (secondary N) is 2. The van der Waals surface area contributed by atoms with Gasteiger partial charge in [-0.1, -0.05) is 29.3 Å². The zero-order valence-electron chi connectivity index (χ0n) is 9.26. The van der Waals surface area contributed by atoms with E-state index in [0.717, 1.165) is 17.1 Å². The van der Waals surface area contributed by atoms with Crippen molar-refractivity contribution in [1.82, 2.24) is 10.6 Å². The first-order valence-corrected chi connectivity index (χ1v) is 6.32. The summed E-state index contributed by atoms with van der Waals surface area (Å²) in [6.07, 6.45) is 2.59. The van der Waals surface area contributed by atoms with E-state index in [1.54, 1.807) is 6.07 Å². The summed E-state index contributed by atoms with van der Waals surface area (Å²) < 4.78 is 0. The van der Waals surface area contributed by atoms with Crippen molar-refractivity contribution in [2.24, 2.45) is 0 Å². The van der Waals surface area contributed by atoms with Crippen LogP contribution in [-0.2, 0) is 0 Å². The van der Waals surface area contributed by atoms with Crippen LogP contribution in [0.5, 0.6) is 0 Å². The van der Waals surface area contributed by atoms with Gasteiger partial charge in [-0.3, -0.25) is 0 Å². The molecule has 88 valence electrons. The topological polar surface area (TPSA) is 24.1 Å². The number of hydrogen-bond donors (Lipinski definition) is 2. The molecular formula is C12H16Cl2N2. The lowest BCUT2D eigenvalue weighted by molar-refractivity contribution is 0.526. The van der Waals surface area contributed by atoms with Gasteiger partial charge in [0.05, 0.1) is 0 Å². The van der Waals surface area contributed by atoms with Crippen molar-refractivity contribution in [3.63, 3.8) is 0 Å². The molecule has 0 radical (unpaired) electrons. The maximum Gasteiger partial charge on any atom is 0.0469 e. The molecule has 1 aromatic carbocycles. The van der Waals surface area contributed by atoms with Crippen LogP contribution in [0.1, 0.15) is 24.4 Å². The highest BCUT2D eigenvalue weighted by molar-refractivity contribution is 6.35. The first kappa shape index (κ1) is 12.2. The Bertz CT molecular complexity index is 364. The van der Waals surface area contributed by atoms with E-state index in [2.05, 4.69) is 10.6 Å². The van der Waals surface area contributed by atoms with Crippen molar-refractivity contribution in [3.8, 4) is 0 Å². The average molecular weight is 259 g/mol. The third-order valence-corrected chi connectivity index (χ3v) is 3.44. The summed E-state index contributed by atoms with van der Waals surface area (Å²) in [6, 6.07) is 6.61. The minimum absolute atomic E-state index is 0.241. The smallest absolute Gasteiger partial charge is 0.0469 e. The fourth-order valence-corrected chi connectivity index (χ4v) is 2.26. The summed E-state index contributed by atoms with van der Waals surface area (Å²) in [5.74, 6) is 0. The van der Waals surface area contributed by atoms with Gasteiger partial charge in [0, 0.05) is 28.7 Å². The Labute approximate surface area is 106 Å². The maximum absolute atomic E-state index is 6.18. The van der Waals surface area contributed by atoms with Crippen LogP contribution in [0, 0.1) is 0 Å². The Morgan fingerprint density at radius 1 is 1.38 bits per heavy atom. The molecule has 0 bridgehead atoms. The van der Waals surface area contributed by atoms with Crippen molar-refractivity contribution in [3.05, 3.63) is 33.8 Å². The standard InChI is InChI=1S/C12H16Cl2N2/c1-15-12(7-16-9-3-4-9)10-5-2-8(13)6-11(10)14/h2,5-6,9,12,15-16H,3-4,7H2,1H3. The fraction of sp³-hybridized carbons (Fsp3) is 0.500. The fourth-order valence-electron chi connectivity index (χ4n) is 1.72.